The molecule has 2 amide bonds. The van der Waals surface area contributed by atoms with Crippen molar-refractivity contribution < 1.29 is 14.3 Å². The van der Waals surface area contributed by atoms with Crippen molar-refractivity contribution in [1.82, 2.24) is 15.1 Å². The van der Waals surface area contributed by atoms with Gasteiger partial charge >= 0.3 is 0 Å². The first kappa shape index (κ1) is 21.1. The number of para-hydroxylation sites is 1. The first-order valence-electron chi connectivity index (χ1n) is 9.79. The second-order valence-corrected chi connectivity index (χ2v) is 7.29. The van der Waals surface area contributed by atoms with Crippen LogP contribution in [0.5, 0.6) is 5.75 Å². The topological polar surface area (TPSA) is 85.2 Å². The van der Waals surface area contributed by atoms with Gasteiger partial charge in [0, 0.05) is 18.1 Å². The van der Waals surface area contributed by atoms with Gasteiger partial charge in [-0.3, -0.25) is 14.3 Å². The number of anilines is 1. The molecule has 0 spiro atoms. The SMILES string of the molecule is COc1ccccc1C(=O)NC(C(=O)Nc1ccc(Cn2cccn2)cc1)C(C)C. The van der Waals surface area contributed by atoms with Gasteiger partial charge in [0.05, 0.1) is 19.2 Å². The summed E-state index contributed by atoms with van der Waals surface area (Å²) in [4.78, 5) is 25.6. The van der Waals surface area contributed by atoms with Crippen molar-refractivity contribution >= 4 is 17.5 Å². The van der Waals surface area contributed by atoms with Crippen LogP contribution in [0, 0.1) is 5.92 Å². The van der Waals surface area contributed by atoms with E-state index in [1.807, 2.05) is 55.1 Å². The van der Waals surface area contributed by atoms with Gasteiger partial charge in [-0.2, -0.15) is 5.10 Å². The summed E-state index contributed by atoms with van der Waals surface area (Å²) in [6.45, 7) is 4.44. The molecule has 0 aliphatic carbocycles. The number of ether oxygens (including phenoxy) is 1. The van der Waals surface area contributed by atoms with Gasteiger partial charge in [-0.05, 0) is 41.8 Å². The number of nitrogens with one attached hydrogen (secondary N) is 2. The Hall–Kier alpha value is -3.61. The molecule has 2 aromatic carbocycles. The van der Waals surface area contributed by atoms with E-state index >= 15 is 0 Å². The molecule has 1 atom stereocenters. The number of hydrogen-bond acceptors (Lipinski definition) is 4. The summed E-state index contributed by atoms with van der Waals surface area (Å²) in [5.74, 6) is -0.252. The highest BCUT2D eigenvalue weighted by Gasteiger charge is 2.25. The Kier molecular flexibility index (Phi) is 6.85. The Labute approximate surface area is 176 Å². The third kappa shape index (κ3) is 5.26. The van der Waals surface area contributed by atoms with Crippen LogP contribution in [-0.2, 0) is 11.3 Å². The first-order valence-corrected chi connectivity index (χ1v) is 9.79. The van der Waals surface area contributed by atoms with Crippen LogP contribution in [0.3, 0.4) is 0 Å². The molecule has 0 aliphatic rings. The quantitative estimate of drug-likeness (QED) is 0.601. The van der Waals surface area contributed by atoms with Gasteiger partial charge in [-0.25, -0.2) is 0 Å². The van der Waals surface area contributed by atoms with E-state index in [0.717, 1.165) is 5.56 Å². The van der Waals surface area contributed by atoms with E-state index in [4.69, 9.17) is 4.74 Å². The molecular weight excluding hydrogens is 380 g/mol. The zero-order valence-electron chi connectivity index (χ0n) is 17.3. The van der Waals surface area contributed by atoms with Crippen LogP contribution >= 0.6 is 0 Å². The number of rotatable bonds is 8. The lowest BCUT2D eigenvalue weighted by Crippen LogP contribution is -2.47. The third-order valence-corrected chi connectivity index (χ3v) is 4.71. The number of nitrogens with zero attached hydrogens (tertiary/aromatic N) is 2. The molecule has 2 N–H and O–H groups in total. The molecule has 1 aromatic heterocycles. The fourth-order valence-electron chi connectivity index (χ4n) is 3.08. The highest BCUT2D eigenvalue weighted by molar-refractivity contribution is 6.02. The third-order valence-electron chi connectivity index (χ3n) is 4.71. The monoisotopic (exact) mass is 406 g/mol. The van der Waals surface area contributed by atoms with E-state index in [1.54, 1.807) is 30.5 Å². The average Bonchev–Trinajstić information content (AvgIpc) is 3.26. The van der Waals surface area contributed by atoms with Gasteiger partial charge in [0.1, 0.15) is 11.8 Å². The van der Waals surface area contributed by atoms with Gasteiger partial charge in [0.2, 0.25) is 5.91 Å². The van der Waals surface area contributed by atoms with Crippen LogP contribution in [0.1, 0.15) is 29.8 Å². The van der Waals surface area contributed by atoms with Crippen molar-refractivity contribution in [2.45, 2.75) is 26.4 Å². The molecule has 3 aromatic rings. The Morgan fingerprint density at radius 1 is 1.07 bits per heavy atom. The molecule has 7 heteroatoms. The molecule has 3 rings (SSSR count). The molecule has 0 saturated carbocycles. The maximum Gasteiger partial charge on any atom is 0.255 e. The van der Waals surface area contributed by atoms with Crippen molar-refractivity contribution in [3.63, 3.8) is 0 Å². The van der Waals surface area contributed by atoms with Crippen LogP contribution in [0.25, 0.3) is 0 Å². The van der Waals surface area contributed by atoms with E-state index in [2.05, 4.69) is 15.7 Å². The maximum atomic E-state index is 12.8. The van der Waals surface area contributed by atoms with Crippen molar-refractivity contribution in [2.24, 2.45) is 5.92 Å². The summed E-state index contributed by atoms with van der Waals surface area (Å²) in [6.07, 6.45) is 3.63. The van der Waals surface area contributed by atoms with Crippen LogP contribution in [0.4, 0.5) is 5.69 Å². The standard InChI is InChI=1S/C23H26N4O3/c1-16(2)21(26-22(28)19-7-4-5-8-20(19)30-3)23(29)25-18-11-9-17(10-12-18)15-27-14-6-13-24-27/h4-14,16,21H,15H2,1-3H3,(H,25,29)(H,26,28). The lowest BCUT2D eigenvalue weighted by atomic mass is 10.0. The van der Waals surface area contributed by atoms with Gasteiger partial charge in [0.25, 0.3) is 5.91 Å². The number of aromatic nitrogens is 2. The maximum absolute atomic E-state index is 12.8. The van der Waals surface area contributed by atoms with Gasteiger partial charge in [-0.1, -0.05) is 38.1 Å². The Morgan fingerprint density at radius 2 is 1.80 bits per heavy atom. The molecule has 1 heterocycles. The molecule has 0 fully saturated rings. The summed E-state index contributed by atoms with van der Waals surface area (Å²) in [5.41, 5.74) is 2.13. The van der Waals surface area contributed by atoms with Gasteiger partial charge in [-0.15, -0.1) is 0 Å². The minimum Gasteiger partial charge on any atom is -0.496 e. The van der Waals surface area contributed by atoms with Crippen molar-refractivity contribution in [2.75, 3.05) is 12.4 Å². The van der Waals surface area contributed by atoms with E-state index in [-0.39, 0.29) is 17.7 Å². The van der Waals surface area contributed by atoms with Crippen molar-refractivity contribution in [1.29, 1.82) is 0 Å². The molecule has 30 heavy (non-hydrogen) atoms. The summed E-state index contributed by atoms with van der Waals surface area (Å²) in [7, 11) is 1.51. The van der Waals surface area contributed by atoms with Gasteiger partial charge in [0.15, 0.2) is 0 Å². The molecule has 0 saturated heterocycles. The Bertz CT molecular complexity index is 982. The number of carbonyl (C=O) groups is 2. The molecule has 156 valence electrons. The number of carbonyl (C=O) groups excluding carboxylic acids is 2. The predicted molar refractivity (Wildman–Crippen MR) is 115 cm³/mol. The largest absolute Gasteiger partial charge is 0.496 e. The molecule has 1 unspecified atom stereocenters. The predicted octanol–water partition coefficient (Wildman–Crippen LogP) is 3.33. The first-order chi connectivity index (χ1) is 14.5. The summed E-state index contributed by atoms with van der Waals surface area (Å²) in [5, 5.41) is 9.90. The van der Waals surface area contributed by atoms with Crippen molar-refractivity contribution in [3.05, 3.63) is 78.1 Å². The minimum absolute atomic E-state index is 0.0947. The van der Waals surface area contributed by atoms with Crippen LogP contribution in [-0.4, -0.2) is 34.7 Å². The van der Waals surface area contributed by atoms with E-state index in [0.29, 0.717) is 23.5 Å². The van der Waals surface area contributed by atoms with Crippen LogP contribution in [0.15, 0.2) is 67.0 Å². The number of methoxy groups -OCH3 is 1. The minimum atomic E-state index is -0.689. The number of amides is 2. The van der Waals surface area contributed by atoms with E-state index in [1.165, 1.54) is 7.11 Å². The Morgan fingerprint density at radius 3 is 2.43 bits per heavy atom. The fraction of sp³-hybridized carbons (Fsp3) is 0.261. The second kappa shape index (κ2) is 9.73. The van der Waals surface area contributed by atoms with Crippen molar-refractivity contribution in [3.8, 4) is 5.75 Å². The summed E-state index contributed by atoms with van der Waals surface area (Å²) < 4.78 is 7.07. The van der Waals surface area contributed by atoms with Crippen LogP contribution < -0.4 is 15.4 Å². The zero-order chi connectivity index (χ0) is 21.5. The lowest BCUT2D eigenvalue weighted by molar-refractivity contribution is -0.118. The van der Waals surface area contributed by atoms with E-state index in [9.17, 15) is 9.59 Å². The fourth-order valence-corrected chi connectivity index (χ4v) is 3.08. The molecule has 0 radical (unpaired) electrons. The molecule has 7 nitrogen and oxygen atoms in total. The second-order valence-electron chi connectivity index (χ2n) is 7.29. The normalized spacial score (nSPS) is 11.7. The lowest BCUT2D eigenvalue weighted by Gasteiger charge is -2.22. The summed E-state index contributed by atoms with van der Waals surface area (Å²) >= 11 is 0. The summed E-state index contributed by atoms with van der Waals surface area (Å²) in [6, 6.07) is 15.7. The van der Waals surface area contributed by atoms with E-state index < -0.39 is 6.04 Å². The molecular formula is C23H26N4O3. The highest BCUT2D eigenvalue weighted by Crippen LogP contribution is 2.18. The molecule has 0 aliphatic heterocycles. The Balaban J connectivity index is 1.66. The zero-order valence-corrected chi connectivity index (χ0v) is 17.3. The van der Waals surface area contributed by atoms with Crippen LogP contribution in [0.2, 0.25) is 0 Å². The molecule has 0 bridgehead atoms. The smallest absolute Gasteiger partial charge is 0.255 e. The number of benzene rings is 2. The van der Waals surface area contributed by atoms with Gasteiger partial charge < -0.3 is 15.4 Å². The average molecular weight is 406 g/mol. The number of hydrogen-bond donors (Lipinski definition) is 2. The highest BCUT2D eigenvalue weighted by atomic mass is 16.5.